The number of halogens is 2. The van der Waals surface area contributed by atoms with Crippen LogP contribution >= 0.6 is 24.8 Å². The van der Waals surface area contributed by atoms with Crippen molar-refractivity contribution in [3.63, 3.8) is 0 Å². The van der Waals surface area contributed by atoms with Gasteiger partial charge in [-0.15, -0.1) is 24.8 Å². The Bertz CT molecular complexity index is 610. The summed E-state index contributed by atoms with van der Waals surface area (Å²) in [5, 5.41) is 3.44. The van der Waals surface area contributed by atoms with Gasteiger partial charge in [-0.25, -0.2) is 9.97 Å². The molecule has 0 aliphatic rings. The fourth-order valence-electron chi connectivity index (χ4n) is 2.80. The van der Waals surface area contributed by atoms with Crippen molar-refractivity contribution < 1.29 is 0 Å². The van der Waals surface area contributed by atoms with E-state index in [1.54, 1.807) is 0 Å². The van der Waals surface area contributed by atoms with Gasteiger partial charge in [-0.1, -0.05) is 30.3 Å². The normalized spacial score (nSPS) is 10.6. The second kappa shape index (κ2) is 11.3. The molecule has 4 nitrogen and oxygen atoms in total. The van der Waals surface area contributed by atoms with E-state index in [1.165, 1.54) is 0 Å². The van der Waals surface area contributed by atoms with Gasteiger partial charge in [0.1, 0.15) is 5.82 Å². The molecule has 6 heteroatoms. The van der Waals surface area contributed by atoms with Crippen LogP contribution in [0.15, 0.2) is 36.4 Å². The van der Waals surface area contributed by atoms with Gasteiger partial charge in [0.2, 0.25) is 0 Å². The first-order valence-corrected chi connectivity index (χ1v) is 8.38. The Labute approximate surface area is 164 Å². The van der Waals surface area contributed by atoms with Crippen molar-refractivity contribution in [2.45, 2.75) is 46.7 Å². The van der Waals surface area contributed by atoms with Crippen molar-refractivity contribution in [1.82, 2.24) is 14.9 Å². The number of benzene rings is 1. The number of nitrogens with one attached hydrogen (secondary N) is 1. The predicted octanol–water partition coefficient (Wildman–Crippen LogP) is 4.83. The van der Waals surface area contributed by atoms with Crippen molar-refractivity contribution in [3.8, 4) is 11.4 Å². The summed E-state index contributed by atoms with van der Waals surface area (Å²) in [6.07, 6.45) is 0. The second-order valence-corrected chi connectivity index (χ2v) is 6.44. The lowest BCUT2D eigenvalue weighted by molar-refractivity contribution is 0.182. The molecule has 140 valence electrons. The van der Waals surface area contributed by atoms with Crippen LogP contribution in [0.5, 0.6) is 0 Å². The summed E-state index contributed by atoms with van der Waals surface area (Å²) in [5.74, 6) is 1.67. The summed E-state index contributed by atoms with van der Waals surface area (Å²) >= 11 is 0. The van der Waals surface area contributed by atoms with Crippen LogP contribution in [0.25, 0.3) is 11.4 Å². The minimum Gasteiger partial charge on any atom is -0.369 e. The highest BCUT2D eigenvalue weighted by molar-refractivity contribution is 5.85. The Morgan fingerprint density at radius 2 is 1.56 bits per heavy atom. The number of nitrogens with zero attached hydrogens (tertiary/aromatic N) is 3. The first-order chi connectivity index (χ1) is 11.0. The SMILES string of the molecule is Cc1cc(NCCN(C(C)C)C(C)C)nc(-c2ccccc2)n1.Cl.Cl. The van der Waals surface area contributed by atoms with E-state index in [2.05, 4.69) is 47.9 Å². The minimum atomic E-state index is 0. The van der Waals surface area contributed by atoms with Crippen LogP contribution in [0.3, 0.4) is 0 Å². The Morgan fingerprint density at radius 1 is 0.960 bits per heavy atom. The molecule has 25 heavy (non-hydrogen) atoms. The molecule has 2 aromatic rings. The van der Waals surface area contributed by atoms with E-state index in [0.717, 1.165) is 36.0 Å². The van der Waals surface area contributed by atoms with Gasteiger partial charge in [0, 0.05) is 42.5 Å². The molecule has 0 amide bonds. The summed E-state index contributed by atoms with van der Waals surface area (Å²) in [6, 6.07) is 13.2. The molecule has 0 bridgehead atoms. The maximum absolute atomic E-state index is 4.65. The number of rotatable bonds is 7. The number of hydrogen-bond donors (Lipinski definition) is 1. The highest BCUT2D eigenvalue weighted by Crippen LogP contribution is 2.17. The van der Waals surface area contributed by atoms with Gasteiger partial charge in [0.15, 0.2) is 5.82 Å². The van der Waals surface area contributed by atoms with E-state index in [-0.39, 0.29) is 24.8 Å². The minimum absolute atomic E-state index is 0. The monoisotopic (exact) mass is 384 g/mol. The molecule has 2 rings (SSSR count). The fraction of sp³-hybridized carbons (Fsp3) is 0.474. The zero-order chi connectivity index (χ0) is 16.8. The largest absolute Gasteiger partial charge is 0.369 e. The molecule has 0 spiro atoms. The lowest BCUT2D eigenvalue weighted by Crippen LogP contribution is -2.40. The van der Waals surface area contributed by atoms with E-state index in [9.17, 15) is 0 Å². The molecule has 0 saturated heterocycles. The standard InChI is InChI=1S/C19H28N4.2ClH/c1-14(2)23(15(3)4)12-11-20-18-13-16(5)21-19(22-18)17-9-7-6-8-10-17;;/h6-10,13-15H,11-12H2,1-5H3,(H,20,21,22);2*1H. The van der Waals surface area contributed by atoms with Crippen LogP contribution in [0.2, 0.25) is 0 Å². The Hall–Kier alpha value is -1.36. The van der Waals surface area contributed by atoms with E-state index in [4.69, 9.17) is 0 Å². The zero-order valence-corrected chi connectivity index (χ0v) is 17.3. The van der Waals surface area contributed by atoms with Crippen LogP contribution in [0.1, 0.15) is 33.4 Å². The van der Waals surface area contributed by atoms with Crippen molar-refractivity contribution >= 4 is 30.6 Å². The lowest BCUT2D eigenvalue weighted by Gasteiger charge is -2.30. The van der Waals surface area contributed by atoms with Gasteiger partial charge < -0.3 is 5.32 Å². The third kappa shape index (κ3) is 7.18. The number of anilines is 1. The summed E-state index contributed by atoms with van der Waals surface area (Å²) in [5.41, 5.74) is 2.02. The molecular formula is C19H30Cl2N4. The maximum Gasteiger partial charge on any atom is 0.161 e. The van der Waals surface area contributed by atoms with E-state index in [1.807, 2.05) is 43.3 Å². The predicted molar refractivity (Wildman–Crippen MR) is 112 cm³/mol. The highest BCUT2D eigenvalue weighted by Gasteiger charge is 2.12. The van der Waals surface area contributed by atoms with E-state index < -0.39 is 0 Å². The number of hydrogen-bond acceptors (Lipinski definition) is 4. The molecule has 0 aliphatic heterocycles. The van der Waals surface area contributed by atoms with Crippen molar-refractivity contribution in [1.29, 1.82) is 0 Å². The maximum atomic E-state index is 4.65. The zero-order valence-electron chi connectivity index (χ0n) is 15.7. The molecular weight excluding hydrogens is 355 g/mol. The Morgan fingerprint density at radius 3 is 2.12 bits per heavy atom. The fourth-order valence-corrected chi connectivity index (χ4v) is 2.80. The molecule has 1 heterocycles. The Balaban J connectivity index is 0.00000288. The molecule has 0 aliphatic carbocycles. The van der Waals surface area contributed by atoms with E-state index in [0.29, 0.717) is 12.1 Å². The number of aryl methyl sites for hydroxylation is 1. The molecule has 0 fully saturated rings. The second-order valence-electron chi connectivity index (χ2n) is 6.44. The number of aromatic nitrogens is 2. The van der Waals surface area contributed by atoms with Gasteiger partial charge in [0.25, 0.3) is 0 Å². The smallest absolute Gasteiger partial charge is 0.161 e. The summed E-state index contributed by atoms with van der Waals surface area (Å²) in [7, 11) is 0. The van der Waals surface area contributed by atoms with Gasteiger partial charge in [-0.05, 0) is 34.6 Å². The molecule has 1 aromatic carbocycles. The molecule has 1 aromatic heterocycles. The highest BCUT2D eigenvalue weighted by atomic mass is 35.5. The molecule has 1 N–H and O–H groups in total. The Kier molecular flexibility index (Phi) is 10.7. The molecule has 0 radical (unpaired) electrons. The quantitative estimate of drug-likeness (QED) is 0.742. The van der Waals surface area contributed by atoms with Crippen LogP contribution < -0.4 is 5.32 Å². The van der Waals surface area contributed by atoms with Gasteiger partial charge in [0.05, 0.1) is 0 Å². The van der Waals surface area contributed by atoms with Gasteiger partial charge >= 0.3 is 0 Å². The third-order valence-electron chi connectivity index (χ3n) is 3.89. The van der Waals surface area contributed by atoms with E-state index >= 15 is 0 Å². The summed E-state index contributed by atoms with van der Waals surface area (Å²) in [4.78, 5) is 11.7. The molecule has 0 atom stereocenters. The van der Waals surface area contributed by atoms with Gasteiger partial charge in [-0.2, -0.15) is 0 Å². The third-order valence-corrected chi connectivity index (χ3v) is 3.89. The van der Waals surface area contributed by atoms with Crippen LogP contribution in [-0.2, 0) is 0 Å². The van der Waals surface area contributed by atoms with Crippen molar-refractivity contribution in [2.75, 3.05) is 18.4 Å². The average molecular weight is 385 g/mol. The topological polar surface area (TPSA) is 41.0 Å². The summed E-state index contributed by atoms with van der Waals surface area (Å²) < 4.78 is 0. The van der Waals surface area contributed by atoms with Crippen molar-refractivity contribution in [2.24, 2.45) is 0 Å². The van der Waals surface area contributed by atoms with Crippen LogP contribution in [0.4, 0.5) is 5.82 Å². The summed E-state index contributed by atoms with van der Waals surface area (Å²) in [6.45, 7) is 12.8. The van der Waals surface area contributed by atoms with Crippen molar-refractivity contribution in [3.05, 3.63) is 42.1 Å². The lowest BCUT2D eigenvalue weighted by atomic mass is 10.2. The van der Waals surface area contributed by atoms with Crippen LogP contribution in [-0.4, -0.2) is 40.0 Å². The van der Waals surface area contributed by atoms with Crippen LogP contribution in [0, 0.1) is 6.92 Å². The first kappa shape index (κ1) is 23.6. The molecule has 0 unspecified atom stereocenters. The average Bonchev–Trinajstić information content (AvgIpc) is 2.51. The molecule has 0 saturated carbocycles. The van der Waals surface area contributed by atoms with Gasteiger partial charge in [-0.3, -0.25) is 4.90 Å². The first-order valence-electron chi connectivity index (χ1n) is 8.38.